The molecule has 0 aromatic heterocycles. The van der Waals surface area contributed by atoms with Gasteiger partial charge in [-0.3, -0.25) is 0 Å². The van der Waals surface area contributed by atoms with Gasteiger partial charge in [-0.2, -0.15) is 0 Å². The Kier molecular flexibility index (Phi) is 1.93. The molecule has 0 saturated carbocycles. The van der Waals surface area contributed by atoms with Crippen molar-refractivity contribution in [1.82, 2.24) is 0 Å². The molecule has 0 N–H and O–H groups in total. The Balaban J connectivity index is 3.40. The minimum absolute atomic E-state index is 0.454. The van der Waals surface area contributed by atoms with Crippen molar-refractivity contribution in [2.24, 2.45) is 0 Å². The average Bonchev–Trinajstić information content (AvgIpc) is 1.65. The third kappa shape index (κ3) is 1.37. The number of rotatable bonds is 0. The number of nitrogens with zero attached hydrogens (tertiary/aromatic N) is 2. The molecule has 6 heavy (non-hydrogen) atoms. The highest BCUT2D eigenvalue weighted by molar-refractivity contribution is 6.72. The lowest BCUT2D eigenvalue weighted by atomic mass is 9.56. The van der Waals surface area contributed by atoms with E-state index < -0.39 is 6.71 Å². The molecule has 3 heteroatoms. The van der Waals surface area contributed by atoms with E-state index in [1.807, 2.05) is 0 Å². The van der Waals surface area contributed by atoms with Crippen LogP contribution in [0.1, 0.15) is 0 Å². The van der Waals surface area contributed by atoms with Gasteiger partial charge in [-0.15, -0.1) is 0 Å². The molecule has 0 heterocycles. The predicted molar refractivity (Wildman–Crippen MR) is 22.8 cm³/mol. The van der Waals surface area contributed by atoms with E-state index in [9.17, 15) is 0 Å². The van der Waals surface area contributed by atoms with Crippen LogP contribution in [0.2, 0.25) is 6.82 Å². The second kappa shape index (κ2) is 2.29. The molecular formula is C3H3BN2. The highest BCUT2D eigenvalue weighted by Gasteiger charge is 1.98. The molecule has 0 aromatic rings. The van der Waals surface area contributed by atoms with Crippen molar-refractivity contribution in [2.75, 3.05) is 0 Å². The lowest BCUT2D eigenvalue weighted by molar-refractivity contribution is 1.54. The summed E-state index contributed by atoms with van der Waals surface area (Å²) in [6, 6.07) is 0. The maximum absolute atomic E-state index is 7.86. The summed E-state index contributed by atoms with van der Waals surface area (Å²) in [5.41, 5.74) is 0. The van der Waals surface area contributed by atoms with Gasteiger partial charge in [0.2, 0.25) is 0 Å². The number of hydrogen-bond acceptors (Lipinski definition) is 2. The summed E-state index contributed by atoms with van der Waals surface area (Å²) in [6.07, 6.45) is 0. The van der Waals surface area contributed by atoms with E-state index in [1.165, 1.54) is 0 Å². The Labute approximate surface area is 37.1 Å². The molecule has 0 aliphatic heterocycles. The van der Waals surface area contributed by atoms with Gasteiger partial charge in [-0.05, 0) is 0 Å². The van der Waals surface area contributed by atoms with Crippen LogP contribution in [0.5, 0.6) is 0 Å². The van der Waals surface area contributed by atoms with Gasteiger partial charge in [0.1, 0.15) is 0 Å². The fourth-order valence-corrected chi connectivity index (χ4v) is 0.0289. The van der Waals surface area contributed by atoms with Crippen molar-refractivity contribution in [3.8, 4) is 11.9 Å². The second-order valence-electron chi connectivity index (χ2n) is 0.980. The molecule has 0 spiro atoms. The molecule has 0 atom stereocenters. The molecule has 28 valence electrons. The first-order chi connectivity index (χ1) is 2.81. The first kappa shape index (κ1) is 5.04. The van der Waals surface area contributed by atoms with Gasteiger partial charge in [0.05, 0.1) is 0 Å². The van der Waals surface area contributed by atoms with Crippen molar-refractivity contribution in [1.29, 1.82) is 10.5 Å². The SMILES string of the molecule is CB(C#N)C#N. The maximum Gasteiger partial charge on any atom is 0.383 e. The minimum atomic E-state index is -0.454. The third-order valence-corrected chi connectivity index (χ3v) is 0.387. The highest BCUT2D eigenvalue weighted by atomic mass is 14.2. The van der Waals surface area contributed by atoms with E-state index in [1.54, 1.807) is 18.8 Å². The zero-order valence-electron chi connectivity index (χ0n) is 3.47. The lowest BCUT2D eigenvalue weighted by Gasteiger charge is -1.64. The summed E-state index contributed by atoms with van der Waals surface area (Å²) in [5, 5.41) is 15.7. The Morgan fingerprint density at radius 3 is 1.67 bits per heavy atom. The largest absolute Gasteiger partial charge is 0.383 e. The summed E-state index contributed by atoms with van der Waals surface area (Å²) in [6.45, 7) is 1.10. The molecule has 0 unspecified atom stereocenters. The Morgan fingerprint density at radius 1 is 1.33 bits per heavy atom. The minimum Gasteiger partial charge on any atom is -0.211 e. The molecule has 2 nitrogen and oxygen atoms in total. The monoisotopic (exact) mass is 78.0 g/mol. The molecule has 0 aromatic carbocycles. The van der Waals surface area contributed by atoms with Gasteiger partial charge < -0.3 is 0 Å². The van der Waals surface area contributed by atoms with Crippen LogP contribution in [0, 0.1) is 22.5 Å². The van der Waals surface area contributed by atoms with Crippen molar-refractivity contribution < 1.29 is 0 Å². The van der Waals surface area contributed by atoms with Crippen LogP contribution >= 0.6 is 0 Å². The van der Waals surface area contributed by atoms with Crippen molar-refractivity contribution in [2.45, 2.75) is 6.82 Å². The number of nitriles is 2. The zero-order valence-corrected chi connectivity index (χ0v) is 3.47. The standard InChI is InChI=1S/C3H3BN2/c1-4(2-5)3-6/h1H3. The van der Waals surface area contributed by atoms with Gasteiger partial charge in [-0.25, -0.2) is 10.5 Å². The van der Waals surface area contributed by atoms with Crippen LogP contribution in [-0.2, 0) is 0 Å². The van der Waals surface area contributed by atoms with Crippen LogP contribution in [0.15, 0.2) is 0 Å². The zero-order chi connectivity index (χ0) is 4.99. The van der Waals surface area contributed by atoms with Crippen LogP contribution < -0.4 is 0 Å². The summed E-state index contributed by atoms with van der Waals surface area (Å²) >= 11 is 0. The van der Waals surface area contributed by atoms with E-state index in [-0.39, 0.29) is 0 Å². The van der Waals surface area contributed by atoms with Crippen molar-refractivity contribution in [3.63, 3.8) is 0 Å². The first-order valence-corrected chi connectivity index (χ1v) is 1.60. The summed E-state index contributed by atoms with van der Waals surface area (Å²) in [7, 11) is 0. The van der Waals surface area contributed by atoms with Gasteiger partial charge in [0.25, 0.3) is 0 Å². The maximum atomic E-state index is 7.86. The van der Waals surface area contributed by atoms with E-state index >= 15 is 0 Å². The normalized spacial score (nSPS) is 5.17. The van der Waals surface area contributed by atoms with Crippen molar-refractivity contribution in [3.05, 3.63) is 0 Å². The second-order valence-corrected chi connectivity index (χ2v) is 0.980. The van der Waals surface area contributed by atoms with E-state index in [0.29, 0.717) is 0 Å². The molecule has 0 amide bonds. The lowest BCUT2D eigenvalue weighted by Crippen LogP contribution is -1.96. The van der Waals surface area contributed by atoms with E-state index in [2.05, 4.69) is 0 Å². The quantitative estimate of drug-likeness (QED) is 0.389. The summed E-state index contributed by atoms with van der Waals surface area (Å²) in [5.74, 6) is 3.51. The van der Waals surface area contributed by atoms with Crippen LogP contribution in [0.4, 0.5) is 0 Å². The van der Waals surface area contributed by atoms with E-state index in [4.69, 9.17) is 10.5 Å². The smallest absolute Gasteiger partial charge is 0.211 e. The van der Waals surface area contributed by atoms with E-state index in [0.717, 1.165) is 0 Å². The van der Waals surface area contributed by atoms with Gasteiger partial charge >= 0.3 is 6.71 Å². The average molecular weight is 77.9 g/mol. The molecule has 0 saturated heterocycles. The highest BCUT2D eigenvalue weighted by Crippen LogP contribution is 1.67. The summed E-state index contributed by atoms with van der Waals surface area (Å²) < 4.78 is 0. The third-order valence-electron chi connectivity index (χ3n) is 0.387. The van der Waals surface area contributed by atoms with Crippen LogP contribution in [-0.4, -0.2) is 6.71 Å². The topological polar surface area (TPSA) is 47.6 Å². The molecular weight excluding hydrogens is 74.9 g/mol. The molecule has 0 rings (SSSR count). The Morgan fingerprint density at radius 2 is 1.67 bits per heavy atom. The fraction of sp³-hybridized carbons (Fsp3) is 0.333. The van der Waals surface area contributed by atoms with Gasteiger partial charge in [-0.1, -0.05) is 6.82 Å². The molecule has 0 fully saturated rings. The summed E-state index contributed by atoms with van der Waals surface area (Å²) in [4.78, 5) is 0. The Bertz CT molecular complexity index is 92.9. The van der Waals surface area contributed by atoms with Crippen LogP contribution in [0.3, 0.4) is 0 Å². The number of hydrogen-bond donors (Lipinski definition) is 0. The van der Waals surface area contributed by atoms with Gasteiger partial charge in [0, 0.05) is 11.9 Å². The molecule has 0 bridgehead atoms. The molecule has 0 aliphatic rings. The fourth-order valence-electron chi connectivity index (χ4n) is 0.0289. The van der Waals surface area contributed by atoms with Gasteiger partial charge in [0.15, 0.2) is 0 Å². The van der Waals surface area contributed by atoms with Crippen LogP contribution in [0.25, 0.3) is 0 Å². The first-order valence-electron chi connectivity index (χ1n) is 1.60. The predicted octanol–water partition coefficient (Wildman–Crippen LogP) is 0.237. The molecule has 0 radical (unpaired) electrons. The Hall–Kier alpha value is -0.955. The molecule has 0 aliphatic carbocycles. The van der Waals surface area contributed by atoms with Crippen molar-refractivity contribution >= 4 is 6.71 Å².